The summed E-state index contributed by atoms with van der Waals surface area (Å²) in [5.74, 6) is 1.18. The van der Waals surface area contributed by atoms with Crippen LogP contribution >= 0.6 is 0 Å². The molecule has 0 radical (unpaired) electrons. The molecule has 1 N–H and O–H groups in total. The molecule has 0 aliphatic carbocycles. The van der Waals surface area contributed by atoms with Gasteiger partial charge in [-0.1, -0.05) is 12.1 Å². The van der Waals surface area contributed by atoms with Crippen molar-refractivity contribution in [1.29, 1.82) is 0 Å². The number of aromatic nitrogens is 2. The molecule has 2 aromatic carbocycles. The minimum absolute atomic E-state index is 0.0848. The summed E-state index contributed by atoms with van der Waals surface area (Å²) < 4.78 is 12.1. The van der Waals surface area contributed by atoms with E-state index in [0.29, 0.717) is 11.4 Å². The number of carbonyl (C=O) groups is 1. The maximum atomic E-state index is 12.1. The monoisotopic (exact) mass is 407 g/mol. The topological polar surface area (TPSA) is 82.5 Å². The van der Waals surface area contributed by atoms with E-state index in [-0.39, 0.29) is 31.2 Å². The zero-order chi connectivity index (χ0) is 21.5. The Bertz CT molecular complexity index is 1070. The fraction of sp³-hybridized carbons (Fsp3) is 0.261. The summed E-state index contributed by atoms with van der Waals surface area (Å²) in [7, 11) is 1.61. The van der Waals surface area contributed by atoms with Crippen LogP contribution in [0.25, 0.3) is 11.3 Å². The molecule has 0 aliphatic heterocycles. The fourth-order valence-electron chi connectivity index (χ4n) is 2.88. The molecule has 7 heteroatoms. The first-order valence-corrected chi connectivity index (χ1v) is 9.65. The van der Waals surface area contributed by atoms with Crippen LogP contribution in [0.5, 0.6) is 11.5 Å². The molecule has 0 saturated heterocycles. The molecule has 0 unspecified atom stereocenters. The Morgan fingerprint density at radius 1 is 1.07 bits per heavy atom. The fourth-order valence-corrected chi connectivity index (χ4v) is 2.88. The van der Waals surface area contributed by atoms with Crippen molar-refractivity contribution in [2.45, 2.75) is 20.4 Å². The van der Waals surface area contributed by atoms with E-state index in [1.54, 1.807) is 13.2 Å². The Labute approximate surface area is 175 Å². The molecular formula is C23H25N3O4. The highest BCUT2D eigenvalue weighted by Gasteiger charge is 2.07. The first-order valence-electron chi connectivity index (χ1n) is 9.65. The van der Waals surface area contributed by atoms with Crippen molar-refractivity contribution in [2.24, 2.45) is 0 Å². The lowest BCUT2D eigenvalue weighted by Crippen LogP contribution is -2.34. The highest BCUT2D eigenvalue weighted by Crippen LogP contribution is 2.20. The van der Waals surface area contributed by atoms with Crippen LogP contribution in [0.2, 0.25) is 0 Å². The average Bonchev–Trinajstić information content (AvgIpc) is 2.75. The lowest BCUT2D eigenvalue weighted by atomic mass is 10.1. The van der Waals surface area contributed by atoms with Crippen LogP contribution in [0.4, 0.5) is 0 Å². The Balaban J connectivity index is 1.55. The van der Waals surface area contributed by atoms with Gasteiger partial charge < -0.3 is 14.8 Å². The number of hydrogen-bond donors (Lipinski definition) is 1. The summed E-state index contributed by atoms with van der Waals surface area (Å²) in [5, 5.41) is 7.15. The summed E-state index contributed by atoms with van der Waals surface area (Å²) in [6.45, 7) is 4.35. The van der Waals surface area contributed by atoms with E-state index in [0.717, 1.165) is 22.4 Å². The predicted molar refractivity (Wildman–Crippen MR) is 115 cm³/mol. The third-order valence-corrected chi connectivity index (χ3v) is 4.60. The quantitative estimate of drug-likeness (QED) is 0.621. The molecule has 0 saturated carbocycles. The van der Waals surface area contributed by atoms with Gasteiger partial charge in [-0.3, -0.25) is 9.59 Å². The van der Waals surface area contributed by atoms with Crippen molar-refractivity contribution in [2.75, 3.05) is 20.3 Å². The molecule has 156 valence electrons. The molecule has 0 aliphatic rings. The van der Waals surface area contributed by atoms with Gasteiger partial charge in [-0.05, 0) is 61.4 Å². The van der Waals surface area contributed by atoms with Crippen molar-refractivity contribution in [3.05, 3.63) is 76.1 Å². The van der Waals surface area contributed by atoms with Crippen molar-refractivity contribution in [3.8, 4) is 22.8 Å². The number of nitrogens with zero attached hydrogens (tertiary/aromatic N) is 2. The number of aryl methyl sites for hydroxylation is 2. The second kappa shape index (κ2) is 9.73. The molecule has 0 bridgehead atoms. The van der Waals surface area contributed by atoms with Gasteiger partial charge in [-0.25, -0.2) is 4.68 Å². The molecule has 1 heterocycles. The number of ether oxygens (including phenoxy) is 2. The van der Waals surface area contributed by atoms with Crippen molar-refractivity contribution >= 4 is 5.91 Å². The summed E-state index contributed by atoms with van der Waals surface area (Å²) in [6.07, 6.45) is 0. The van der Waals surface area contributed by atoms with Crippen molar-refractivity contribution in [1.82, 2.24) is 15.1 Å². The van der Waals surface area contributed by atoms with E-state index < -0.39 is 0 Å². The minimum Gasteiger partial charge on any atom is -0.497 e. The Morgan fingerprint density at radius 2 is 1.83 bits per heavy atom. The predicted octanol–water partition coefficient (Wildman–Crippen LogP) is 2.73. The minimum atomic E-state index is -0.254. The first-order chi connectivity index (χ1) is 14.5. The summed E-state index contributed by atoms with van der Waals surface area (Å²) in [4.78, 5) is 24.2. The Morgan fingerprint density at radius 3 is 2.57 bits per heavy atom. The third-order valence-electron chi connectivity index (χ3n) is 4.60. The highest BCUT2D eigenvalue weighted by molar-refractivity contribution is 5.77. The molecular weight excluding hydrogens is 382 g/mol. The smallest absolute Gasteiger partial charge is 0.266 e. The van der Waals surface area contributed by atoms with Crippen LogP contribution in [0.3, 0.4) is 0 Å². The van der Waals surface area contributed by atoms with E-state index in [4.69, 9.17) is 9.47 Å². The third kappa shape index (κ3) is 5.47. The maximum absolute atomic E-state index is 12.1. The van der Waals surface area contributed by atoms with Crippen LogP contribution in [-0.4, -0.2) is 35.9 Å². The van der Waals surface area contributed by atoms with Gasteiger partial charge in [0.15, 0.2) is 6.61 Å². The average molecular weight is 407 g/mol. The van der Waals surface area contributed by atoms with Gasteiger partial charge in [-0.2, -0.15) is 5.10 Å². The van der Waals surface area contributed by atoms with Crippen LogP contribution in [0.1, 0.15) is 11.1 Å². The lowest BCUT2D eigenvalue weighted by molar-refractivity contribution is -0.123. The number of rotatable bonds is 8. The number of methoxy groups -OCH3 is 1. The number of nitrogens with one attached hydrogen (secondary N) is 1. The van der Waals surface area contributed by atoms with E-state index in [2.05, 4.69) is 10.4 Å². The molecule has 0 fully saturated rings. The van der Waals surface area contributed by atoms with Crippen LogP contribution in [-0.2, 0) is 11.3 Å². The van der Waals surface area contributed by atoms with Crippen molar-refractivity contribution in [3.63, 3.8) is 0 Å². The van der Waals surface area contributed by atoms with E-state index in [1.165, 1.54) is 10.7 Å². The largest absolute Gasteiger partial charge is 0.497 e. The molecule has 0 spiro atoms. The van der Waals surface area contributed by atoms with Crippen LogP contribution < -0.4 is 20.3 Å². The van der Waals surface area contributed by atoms with E-state index in [1.807, 2.05) is 56.3 Å². The summed E-state index contributed by atoms with van der Waals surface area (Å²) >= 11 is 0. The lowest BCUT2D eigenvalue weighted by Gasteiger charge is -2.11. The van der Waals surface area contributed by atoms with Gasteiger partial charge in [0.05, 0.1) is 19.3 Å². The van der Waals surface area contributed by atoms with Crippen molar-refractivity contribution < 1.29 is 14.3 Å². The standard InChI is InChI=1S/C23H25N3O4/c1-16-4-5-17(2)21(14-16)30-15-22(27)24-12-13-26-23(28)11-10-20(25-26)18-6-8-19(29-3)9-7-18/h4-11,14H,12-13,15H2,1-3H3,(H,24,27). The SMILES string of the molecule is COc1ccc(-c2ccc(=O)n(CCNC(=O)COc3cc(C)ccc3C)n2)cc1. The second-order valence-electron chi connectivity index (χ2n) is 6.92. The number of carbonyl (C=O) groups excluding carboxylic acids is 1. The highest BCUT2D eigenvalue weighted by atomic mass is 16.5. The Hall–Kier alpha value is -3.61. The van der Waals surface area contributed by atoms with Gasteiger partial charge in [0.1, 0.15) is 11.5 Å². The van der Waals surface area contributed by atoms with Gasteiger partial charge in [0.25, 0.3) is 11.5 Å². The van der Waals surface area contributed by atoms with Gasteiger partial charge in [0.2, 0.25) is 0 Å². The van der Waals surface area contributed by atoms with Gasteiger partial charge in [-0.15, -0.1) is 0 Å². The zero-order valence-corrected chi connectivity index (χ0v) is 17.3. The summed E-state index contributed by atoms with van der Waals surface area (Å²) in [6, 6.07) is 16.4. The number of amides is 1. The van der Waals surface area contributed by atoms with E-state index in [9.17, 15) is 9.59 Å². The summed E-state index contributed by atoms with van der Waals surface area (Å²) in [5.41, 5.74) is 3.35. The molecule has 3 aromatic rings. The number of benzene rings is 2. The first kappa shape index (κ1) is 21.1. The maximum Gasteiger partial charge on any atom is 0.266 e. The van der Waals surface area contributed by atoms with Gasteiger partial charge >= 0.3 is 0 Å². The van der Waals surface area contributed by atoms with E-state index >= 15 is 0 Å². The molecule has 3 rings (SSSR count). The number of hydrogen-bond acceptors (Lipinski definition) is 5. The normalized spacial score (nSPS) is 10.5. The molecule has 1 aromatic heterocycles. The Kier molecular flexibility index (Phi) is 6.85. The molecule has 1 amide bonds. The molecule has 7 nitrogen and oxygen atoms in total. The molecule has 30 heavy (non-hydrogen) atoms. The zero-order valence-electron chi connectivity index (χ0n) is 17.3. The van der Waals surface area contributed by atoms with Crippen LogP contribution in [0.15, 0.2) is 59.4 Å². The molecule has 0 atom stereocenters. The second-order valence-corrected chi connectivity index (χ2v) is 6.92. The van der Waals surface area contributed by atoms with Gasteiger partial charge in [0, 0.05) is 18.2 Å². The van der Waals surface area contributed by atoms with Crippen LogP contribution in [0, 0.1) is 13.8 Å².